The highest BCUT2D eigenvalue weighted by molar-refractivity contribution is 5.20. The normalized spacial score (nSPS) is 21.5. The Kier molecular flexibility index (Phi) is 4.30. The molecule has 2 atom stereocenters. The minimum absolute atomic E-state index is 0.0856. The predicted molar refractivity (Wildman–Crippen MR) is 68.4 cm³/mol. The van der Waals surface area contributed by atoms with E-state index in [1.54, 1.807) is 6.07 Å². The molecule has 2 nitrogen and oxygen atoms in total. The minimum Gasteiger partial charge on any atom is -0.313 e. The van der Waals surface area contributed by atoms with E-state index in [4.69, 9.17) is 0 Å². The molecule has 1 aromatic carbocycles. The van der Waals surface area contributed by atoms with Gasteiger partial charge in [-0.2, -0.15) is 0 Å². The van der Waals surface area contributed by atoms with Crippen LogP contribution in [0.2, 0.25) is 0 Å². The van der Waals surface area contributed by atoms with Crippen LogP contribution >= 0.6 is 0 Å². The quantitative estimate of drug-likeness (QED) is 0.888. The van der Waals surface area contributed by atoms with Gasteiger partial charge in [-0.3, -0.25) is 4.90 Å². The second-order valence-corrected chi connectivity index (χ2v) is 5.08. The molecule has 1 N–H and O–H groups in total. The zero-order valence-corrected chi connectivity index (χ0v) is 10.9. The van der Waals surface area contributed by atoms with Crippen LogP contribution in [0.3, 0.4) is 0 Å². The van der Waals surface area contributed by atoms with E-state index in [1.165, 1.54) is 25.0 Å². The van der Waals surface area contributed by atoms with Gasteiger partial charge in [0, 0.05) is 18.6 Å². The molecule has 1 aliphatic heterocycles. The summed E-state index contributed by atoms with van der Waals surface area (Å²) in [5.41, 5.74) is 0.814. The maximum absolute atomic E-state index is 13.2. The molecule has 100 valence electrons. The monoisotopic (exact) mass is 254 g/mol. The van der Waals surface area contributed by atoms with Gasteiger partial charge < -0.3 is 5.32 Å². The van der Waals surface area contributed by atoms with E-state index in [9.17, 15) is 8.78 Å². The van der Waals surface area contributed by atoms with Crippen LogP contribution < -0.4 is 5.32 Å². The lowest BCUT2D eigenvalue weighted by atomic mass is 10.1. The van der Waals surface area contributed by atoms with Gasteiger partial charge >= 0.3 is 0 Å². The zero-order valence-electron chi connectivity index (χ0n) is 10.9. The van der Waals surface area contributed by atoms with E-state index in [-0.39, 0.29) is 6.04 Å². The Hall–Kier alpha value is -1.00. The lowest BCUT2D eigenvalue weighted by Crippen LogP contribution is -2.36. The number of likely N-dealkylation sites (N-methyl/N-ethyl adjacent to an activating group) is 1. The number of nitrogens with zero attached hydrogens (tertiary/aromatic N) is 1. The molecule has 2 unspecified atom stereocenters. The Balaban J connectivity index is 2.00. The van der Waals surface area contributed by atoms with Crippen molar-refractivity contribution < 1.29 is 8.78 Å². The molecule has 0 aromatic heterocycles. The summed E-state index contributed by atoms with van der Waals surface area (Å²) in [6, 6.07) is 4.74. The summed E-state index contributed by atoms with van der Waals surface area (Å²) in [5.74, 6) is -1.56. The van der Waals surface area contributed by atoms with Crippen LogP contribution in [-0.2, 0) is 0 Å². The van der Waals surface area contributed by atoms with Crippen LogP contribution in [-0.4, -0.2) is 31.1 Å². The van der Waals surface area contributed by atoms with Crippen molar-refractivity contribution in [3.05, 3.63) is 35.4 Å². The van der Waals surface area contributed by atoms with Crippen LogP contribution in [0.15, 0.2) is 18.2 Å². The lowest BCUT2D eigenvalue weighted by molar-refractivity contribution is 0.237. The molecule has 1 aromatic rings. The fourth-order valence-electron chi connectivity index (χ4n) is 2.45. The molecule has 0 amide bonds. The maximum atomic E-state index is 13.2. The van der Waals surface area contributed by atoms with Gasteiger partial charge in [0.05, 0.1) is 0 Å². The Morgan fingerprint density at radius 3 is 2.78 bits per heavy atom. The van der Waals surface area contributed by atoms with Crippen LogP contribution in [0.25, 0.3) is 0 Å². The number of hydrogen-bond acceptors (Lipinski definition) is 2. The molecular formula is C14H20F2N2. The first-order valence-electron chi connectivity index (χ1n) is 6.46. The number of halogens is 2. The third-order valence-corrected chi connectivity index (χ3v) is 3.76. The molecule has 2 rings (SSSR count). The van der Waals surface area contributed by atoms with E-state index < -0.39 is 11.6 Å². The molecule has 4 heteroatoms. The molecule has 1 aliphatic rings. The van der Waals surface area contributed by atoms with Gasteiger partial charge in [0.25, 0.3) is 0 Å². The van der Waals surface area contributed by atoms with E-state index in [0.717, 1.165) is 18.7 Å². The van der Waals surface area contributed by atoms with Gasteiger partial charge in [0.1, 0.15) is 0 Å². The summed E-state index contributed by atoms with van der Waals surface area (Å²) >= 11 is 0. The fraction of sp³-hybridized carbons (Fsp3) is 0.571. The van der Waals surface area contributed by atoms with Crippen molar-refractivity contribution in [3.63, 3.8) is 0 Å². The van der Waals surface area contributed by atoms with Crippen molar-refractivity contribution in [2.75, 3.05) is 20.1 Å². The Labute approximate surface area is 107 Å². The van der Waals surface area contributed by atoms with Gasteiger partial charge in [-0.25, -0.2) is 8.78 Å². The summed E-state index contributed by atoms with van der Waals surface area (Å²) in [4.78, 5) is 2.18. The summed E-state index contributed by atoms with van der Waals surface area (Å²) in [5, 5.41) is 3.44. The molecular weight excluding hydrogens is 234 g/mol. The van der Waals surface area contributed by atoms with Gasteiger partial charge in [-0.15, -0.1) is 0 Å². The highest BCUT2D eigenvalue weighted by Gasteiger charge is 2.20. The summed E-state index contributed by atoms with van der Waals surface area (Å²) in [6.45, 7) is 4.03. The van der Waals surface area contributed by atoms with Gasteiger partial charge in [-0.05, 0) is 51.1 Å². The Bertz CT molecular complexity index is 403. The Morgan fingerprint density at radius 1 is 1.39 bits per heavy atom. The molecule has 1 saturated heterocycles. The van der Waals surface area contributed by atoms with Gasteiger partial charge in [-0.1, -0.05) is 6.07 Å². The van der Waals surface area contributed by atoms with E-state index >= 15 is 0 Å². The number of rotatable bonds is 4. The van der Waals surface area contributed by atoms with E-state index in [1.807, 2.05) is 14.0 Å². The number of nitrogens with one attached hydrogen (secondary N) is 1. The highest BCUT2D eigenvalue weighted by atomic mass is 19.2. The van der Waals surface area contributed by atoms with Crippen LogP contribution in [0.5, 0.6) is 0 Å². The molecule has 0 radical (unpaired) electrons. The zero-order chi connectivity index (χ0) is 13.1. The third kappa shape index (κ3) is 3.06. The average Bonchev–Trinajstić information content (AvgIpc) is 2.84. The van der Waals surface area contributed by atoms with Crippen molar-refractivity contribution in [2.45, 2.75) is 31.8 Å². The van der Waals surface area contributed by atoms with E-state index in [0.29, 0.717) is 6.04 Å². The first-order chi connectivity index (χ1) is 8.58. The first-order valence-corrected chi connectivity index (χ1v) is 6.46. The SMILES string of the molecule is CC(c1ccc(F)c(F)c1)N(C)CC1CCCN1. The smallest absolute Gasteiger partial charge is 0.159 e. The van der Waals surface area contributed by atoms with Crippen LogP contribution in [0, 0.1) is 11.6 Å². The predicted octanol–water partition coefficient (Wildman–Crippen LogP) is 2.71. The van der Waals surface area contributed by atoms with Gasteiger partial charge in [0.2, 0.25) is 0 Å². The molecule has 1 heterocycles. The van der Waals surface area contributed by atoms with Crippen molar-refractivity contribution in [1.82, 2.24) is 10.2 Å². The summed E-state index contributed by atoms with van der Waals surface area (Å²) in [6.07, 6.45) is 2.41. The highest BCUT2D eigenvalue weighted by Crippen LogP contribution is 2.21. The maximum Gasteiger partial charge on any atom is 0.159 e. The number of hydrogen-bond donors (Lipinski definition) is 1. The minimum atomic E-state index is -0.786. The largest absolute Gasteiger partial charge is 0.313 e. The second-order valence-electron chi connectivity index (χ2n) is 5.08. The molecule has 1 fully saturated rings. The molecule has 0 aliphatic carbocycles. The van der Waals surface area contributed by atoms with Crippen molar-refractivity contribution in [3.8, 4) is 0 Å². The van der Waals surface area contributed by atoms with Crippen LogP contribution in [0.1, 0.15) is 31.4 Å². The van der Waals surface area contributed by atoms with Crippen molar-refractivity contribution >= 4 is 0 Å². The second kappa shape index (κ2) is 5.76. The topological polar surface area (TPSA) is 15.3 Å². The molecule has 0 saturated carbocycles. The van der Waals surface area contributed by atoms with E-state index in [2.05, 4.69) is 10.2 Å². The first kappa shape index (κ1) is 13.4. The fourth-order valence-corrected chi connectivity index (χ4v) is 2.45. The average molecular weight is 254 g/mol. The Morgan fingerprint density at radius 2 is 2.17 bits per heavy atom. The molecule has 0 bridgehead atoms. The third-order valence-electron chi connectivity index (χ3n) is 3.76. The lowest BCUT2D eigenvalue weighted by Gasteiger charge is -2.27. The summed E-state index contributed by atoms with van der Waals surface area (Å²) < 4.78 is 26.1. The standard InChI is InChI=1S/C14H20F2N2/c1-10(11-5-6-13(15)14(16)8-11)18(2)9-12-4-3-7-17-12/h5-6,8,10,12,17H,3-4,7,9H2,1-2H3. The van der Waals surface area contributed by atoms with Gasteiger partial charge in [0.15, 0.2) is 11.6 Å². The summed E-state index contributed by atoms with van der Waals surface area (Å²) in [7, 11) is 2.02. The van der Waals surface area contributed by atoms with Crippen LogP contribution in [0.4, 0.5) is 8.78 Å². The van der Waals surface area contributed by atoms with Crippen molar-refractivity contribution in [1.29, 1.82) is 0 Å². The number of benzene rings is 1. The molecule has 18 heavy (non-hydrogen) atoms. The van der Waals surface area contributed by atoms with Crippen molar-refractivity contribution in [2.24, 2.45) is 0 Å². The molecule has 0 spiro atoms.